The van der Waals surface area contributed by atoms with Gasteiger partial charge in [0, 0.05) is 19.9 Å². The molecule has 17 heavy (non-hydrogen) atoms. The molecular weight excluding hydrogens is 220 g/mol. The van der Waals surface area contributed by atoms with Crippen molar-refractivity contribution in [3.8, 4) is 0 Å². The van der Waals surface area contributed by atoms with Gasteiger partial charge in [0.05, 0.1) is 17.7 Å². The van der Waals surface area contributed by atoms with Crippen LogP contribution in [0, 0.1) is 0 Å². The molecule has 0 radical (unpaired) electrons. The fraction of sp³-hybridized carbons (Fsp3) is 0.500. The lowest BCUT2D eigenvalue weighted by molar-refractivity contribution is 0.0696. The summed E-state index contributed by atoms with van der Waals surface area (Å²) in [4.78, 5) is 16.9. The van der Waals surface area contributed by atoms with E-state index in [1.165, 1.54) is 6.20 Å². The van der Waals surface area contributed by atoms with Gasteiger partial charge in [-0.15, -0.1) is 0 Å². The topological polar surface area (TPSA) is 62.7 Å². The van der Waals surface area contributed by atoms with Gasteiger partial charge in [0.15, 0.2) is 0 Å². The molecule has 0 aliphatic carbocycles. The SMILES string of the molecule is CC1OCCC1N(C)c1ccc(C(=O)O)cn1. The Kier molecular flexibility index (Phi) is 3.28. The van der Waals surface area contributed by atoms with E-state index < -0.39 is 5.97 Å². The quantitative estimate of drug-likeness (QED) is 0.859. The second-order valence-corrected chi connectivity index (χ2v) is 4.25. The van der Waals surface area contributed by atoms with E-state index in [0.717, 1.165) is 18.8 Å². The maximum absolute atomic E-state index is 10.7. The summed E-state index contributed by atoms with van der Waals surface area (Å²) >= 11 is 0. The zero-order valence-electron chi connectivity index (χ0n) is 9.96. The van der Waals surface area contributed by atoms with Gasteiger partial charge in [-0.1, -0.05) is 0 Å². The van der Waals surface area contributed by atoms with Gasteiger partial charge in [-0.3, -0.25) is 0 Å². The average molecular weight is 236 g/mol. The predicted octanol–water partition coefficient (Wildman–Crippen LogP) is 1.39. The summed E-state index contributed by atoms with van der Waals surface area (Å²) in [5.74, 6) is -0.179. The molecule has 1 fully saturated rings. The second-order valence-electron chi connectivity index (χ2n) is 4.25. The molecule has 1 aromatic rings. The van der Waals surface area contributed by atoms with Crippen molar-refractivity contribution in [2.24, 2.45) is 0 Å². The summed E-state index contributed by atoms with van der Waals surface area (Å²) in [6.07, 6.45) is 2.54. The molecule has 0 bridgehead atoms. The Morgan fingerprint density at radius 3 is 2.82 bits per heavy atom. The monoisotopic (exact) mass is 236 g/mol. The third kappa shape index (κ3) is 2.39. The van der Waals surface area contributed by atoms with Crippen LogP contribution in [0.25, 0.3) is 0 Å². The molecule has 0 spiro atoms. The van der Waals surface area contributed by atoms with Crippen molar-refractivity contribution in [1.82, 2.24) is 4.98 Å². The van der Waals surface area contributed by atoms with Crippen molar-refractivity contribution >= 4 is 11.8 Å². The van der Waals surface area contributed by atoms with Crippen LogP contribution in [0.5, 0.6) is 0 Å². The maximum Gasteiger partial charge on any atom is 0.337 e. The standard InChI is InChI=1S/C12H16N2O3/c1-8-10(5-6-17-8)14(2)11-4-3-9(7-13-11)12(15)16/h3-4,7-8,10H,5-6H2,1-2H3,(H,15,16). The summed E-state index contributed by atoms with van der Waals surface area (Å²) in [5.41, 5.74) is 0.206. The third-order valence-corrected chi connectivity index (χ3v) is 3.19. The highest BCUT2D eigenvalue weighted by Gasteiger charge is 2.28. The molecule has 92 valence electrons. The van der Waals surface area contributed by atoms with Crippen molar-refractivity contribution in [3.63, 3.8) is 0 Å². The summed E-state index contributed by atoms with van der Waals surface area (Å²) in [7, 11) is 1.96. The number of carbonyl (C=O) groups is 1. The van der Waals surface area contributed by atoms with Crippen LogP contribution in [0.3, 0.4) is 0 Å². The number of hydrogen-bond donors (Lipinski definition) is 1. The van der Waals surface area contributed by atoms with Gasteiger partial charge in [-0.05, 0) is 25.5 Å². The molecule has 2 unspecified atom stereocenters. The number of hydrogen-bond acceptors (Lipinski definition) is 4. The van der Waals surface area contributed by atoms with Crippen molar-refractivity contribution in [1.29, 1.82) is 0 Å². The number of carboxylic acids is 1. The van der Waals surface area contributed by atoms with E-state index in [1.807, 2.05) is 18.9 Å². The fourth-order valence-electron chi connectivity index (χ4n) is 2.12. The smallest absolute Gasteiger partial charge is 0.337 e. The summed E-state index contributed by atoms with van der Waals surface area (Å²) in [6.45, 7) is 2.81. The molecule has 2 rings (SSSR count). The Morgan fingerprint density at radius 1 is 1.59 bits per heavy atom. The first-order valence-corrected chi connectivity index (χ1v) is 5.63. The second kappa shape index (κ2) is 4.71. The van der Waals surface area contributed by atoms with Crippen molar-refractivity contribution in [3.05, 3.63) is 23.9 Å². The van der Waals surface area contributed by atoms with E-state index in [9.17, 15) is 4.79 Å². The number of ether oxygens (including phenoxy) is 1. The Morgan fingerprint density at radius 2 is 2.35 bits per heavy atom. The zero-order valence-corrected chi connectivity index (χ0v) is 9.96. The van der Waals surface area contributed by atoms with Gasteiger partial charge in [0.1, 0.15) is 5.82 Å². The normalized spacial score (nSPS) is 23.6. The third-order valence-electron chi connectivity index (χ3n) is 3.19. The molecule has 5 heteroatoms. The van der Waals surface area contributed by atoms with Gasteiger partial charge in [0.25, 0.3) is 0 Å². The van der Waals surface area contributed by atoms with Crippen molar-refractivity contribution in [2.45, 2.75) is 25.5 Å². The number of carboxylic acid groups (broad SMARTS) is 1. The predicted molar refractivity (Wildman–Crippen MR) is 63.4 cm³/mol. The highest BCUT2D eigenvalue weighted by Crippen LogP contribution is 2.22. The van der Waals surface area contributed by atoms with Crippen LogP contribution in [0.15, 0.2) is 18.3 Å². The Balaban J connectivity index is 2.14. The summed E-state index contributed by atoms with van der Waals surface area (Å²) in [6, 6.07) is 3.61. The van der Waals surface area contributed by atoms with E-state index in [0.29, 0.717) is 6.04 Å². The van der Waals surface area contributed by atoms with E-state index in [-0.39, 0.29) is 11.7 Å². The minimum Gasteiger partial charge on any atom is -0.478 e. The molecule has 5 nitrogen and oxygen atoms in total. The van der Waals surface area contributed by atoms with E-state index in [2.05, 4.69) is 4.98 Å². The minimum absolute atomic E-state index is 0.181. The maximum atomic E-state index is 10.7. The molecule has 1 aliphatic rings. The largest absolute Gasteiger partial charge is 0.478 e. The van der Waals surface area contributed by atoms with Gasteiger partial charge < -0.3 is 14.7 Å². The Bertz CT molecular complexity index is 405. The van der Waals surface area contributed by atoms with Crippen LogP contribution in [-0.2, 0) is 4.74 Å². The molecule has 2 atom stereocenters. The number of aromatic nitrogens is 1. The van der Waals surface area contributed by atoms with Gasteiger partial charge in [-0.2, -0.15) is 0 Å². The number of nitrogens with zero attached hydrogens (tertiary/aromatic N) is 2. The summed E-state index contributed by atoms with van der Waals surface area (Å²) in [5, 5.41) is 8.79. The molecule has 0 aromatic carbocycles. The number of anilines is 1. The number of likely N-dealkylation sites (N-methyl/N-ethyl adjacent to an activating group) is 1. The van der Waals surface area contributed by atoms with Crippen LogP contribution >= 0.6 is 0 Å². The van der Waals surface area contributed by atoms with E-state index in [1.54, 1.807) is 12.1 Å². The molecule has 0 saturated carbocycles. The number of aromatic carboxylic acids is 1. The first kappa shape index (κ1) is 11.9. The average Bonchev–Trinajstić information content (AvgIpc) is 2.74. The van der Waals surface area contributed by atoms with Crippen LogP contribution < -0.4 is 4.90 Å². The molecular formula is C12H16N2O3. The van der Waals surface area contributed by atoms with Crippen LogP contribution in [0.1, 0.15) is 23.7 Å². The Hall–Kier alpha value is -1.62. The number of rotatable bonds is 3. The highest BCUT2D eigenvalue weighted by molar-refractivity contribution is 5.87. The first-order chi connectivity index (χ1) is 8.09. The van der Waals surface area contributed by atoms with Crippen molar-refractivity contribution < 1.29 is 14.6 Å². The molecule has 1 saturated heterocycles. The van der Waals surface area contributed by atoms with Gasteiger partial charge in [0.2, 0.25) is 0 Å². The molecule has 1 aromatic heterocycles. The molecule has 2 heterocycles. The lowest BCUT2D eigenvalue weighted by Crippen LogP contribution is -2.37. The minimum atomic E-state index is -0.954. The van der Waals surface area contributed by atoms with Crippen molar-refractivity contribution in [2.75, 3.05) is 18.6 Å². The lowest BCUT2D eigenvalue weighted by atomic mass is 10.1. The fourth-order valence-corrected chi connectivity index (χ4v) is 2.12. The van der Waals surface area contributed by atoms with Crippen LogP contribution in [0.2, 0.25) is 0 Å². The van der Waals surface area contributed by atoms with E-state index in [4.69, 9.17) is 9.84 Å². The Labute approximate surface area is 100 Å². The van der Waals surface area contributed by atoms with Crippen LogP contribution in [0.4, 0.5) is 5.82 Å². The summed E-state index contributed by atoms with van der Waals surface area (Å²) < 4.78 is 5.51. The van der Waals surface area contributed by atoms with Gasteiger partial charge >= 0.3 is 5.97 Å². The molecule has 0 amide bonds. The lowest BCUT2D eigenvalue weighted by Gasteiger charge is -2.27. The number of pyridine rings is 1. The first-order valence-electron chi connectivity index (χ1n) is 5.63. The molecule has 1 N–H and O–H groups in total. The van der Waals surface area contributed by atoms with Crippen LogP contribution in [-0.4, -0.2) is 41.9 Å². The highest BCUT2D eigenvalue weighted by atomic mass is 16.5. The van der Waals surface area contributed by atoms with Gasteiger partial charge in [-0.25, -0.2) is 9.78 Å². The zero-order chi connectivity index (χ0) is 12.4. The molecule has 1 aliphatic heterocycles. The van der Waals surface area contributed by atoms with E-state index >= 15 is 0 Å².